The molecular weight excluding hydrogens is 402 g/mol. The summed E-state index contributed by atoms with van der Waals surface area (Å²) < 4.78 is 22.0. The van der Waals surface area contributed by atoms with Crippen LogP contribution in [0, 0.1) is 0 Å². The van der Waals surface area contributed by atoms with Gasteiger partial charge >= 0.3 is 0 Å². The molecule has 0 aliphatic carbocycles. The molecule has 2 N–H and O–H groups in total. The number of carbonyl (C=O) groups is 1. The molecule has 3 aromatic carbocycles. The molecular formula is C22H19N3O4S. The third kappa shape index (κ3) is 4.46. The molecule has 4 rings (SSSR count). The van der Waals surface area contributed by atoms with Crippen LogP contribution in [0.2, 0.25) is 0 Å². The van der Waals surface area contributed by atoms with E-state index in [4.69, 9.17) is 9.39 Å². The Kier molecular flexibility index (Phi) is 5.99. The summed E-state index contributed by atoms with van der Waals surface area (Å²) in [5.74, 6) is -0.424. The Morgan fingerprint density at radius 1 is 0.967 bits per heavy atom. The van der Waals surface area contributed by atoms with Gasteiger partial charge < -0.3 is 4.55 Å². The minimum Gasteiger partial charge on any atom is -0.302 e. The monoisotopic (exact) mass is 421 g/mol. The molecule has 0 bridgehead atoms. The first-order valence-electron chi connectivity index (χ1n) is 9.23. The Morgan fingerprint density at radius 3 is 2.40 bits per heavy atom. The maximum atomic E-state index is 12.7. The third-order valence-electron chi connectivity index (χ3n) is 4.58. The van der Waals surface area contributed by atoms with Gasteiger partial charge in [0.2, 0.25) is 0 Å². The zero-order chi connectivity index (χ0) is 20.9. The zero-order valence-corrected chi connectivity index (χ0v) is 16.7. The van der Waals surface area contributed by atoms with Gasteiger partial charge in [0.15, 0.2) is 16.8 Å². The van der Waals surface area contributed by atoms with Crippen molar-refractivity contribution in [2.24, 2.45) is 0 Å². The Morgan fingerprint density at radius 2 is 1.67 bits per heavy atom. The molecule has 8 heteroatoms. The van der Waals surface area contributed by atoms with E-state index in [9.17, 15) is 9.00 Å². The van der Waals surface area contributed by atoms with Crippen LogP contribution >= 0.6 is 0 Å². The largest absolute Gasteiger partial charge is 0.302 e. The molecule has 0 radical (unpaired) electrons. The number of nitrogens with zero attached hydrogens (tertiary/aromatic N) is 2. The predicted molar refractivity (Wildman–Crippen MR) is 113 cm³/mol. The second-order valence-electron chi connectivity index (χ2n) is 6.62. The van der Waals surface area contributed by atoms with Crippen LogP contribution in [0.5, 0.6) is 0 Å². The first-order chi connectivity index (χ1) is 14.6. The highest BCUT2D eigenvalue weighted by Crippen LogP contribution is 2.20. The summed E-state index contributed by atoms with van der Waals surface area (Å²) in [7, 11) is 0. The lowest BCUT2D eigenvalue weighted by atomic mass is 10.2. The van der Waals surface area contributed by atoms with Crippen molar-refractivity contribution in [3.05, 3.63) is 95.7 Å². The van der Waals surface area contributed by atoms with E-state index in [0.717, 1.165) is 16.6 Å². The average Bonchev–Trinajstić information content (AvgIpc) is 3.13. The molecule has 152 valence electrons. The summed E-state index contributed by atoms with van der Waals surface area (Å²) in [5, 5.41) is 5.20. The minimum atomic E-state index is -2.01. The summed E-state index contributed by atoms with van der Waals surface area (Å²) >= 11 is -2.01. The lowest BCUT2D eigenvalue weighted by Gasteiger charge is -2.05. The molecule has 7 nitrogen and oxygen atoms in total. The average molecular weight is 421 g/mol. The SMILES string of the molecule is O=C(NOCc1ccccc1)c1nn(Cc2ccc(S(=O)O)cc2)c2ccccc12. The highest BCUT2D eigenvalue weighted by molar-refractivity contribution is 7.79. The number of carbonyl (C=O) groups excluding carboxylic acids is 1. The van der Waals surface area contributed by atoms with E-state index in [2.05, 4.69) is 10.6 Å². The van der Waals surface area contributed by atoms with Crippen molar-refractivity contribution in [2.75, 3.05) is 0 Å². The van der Waals surface area contributed by atoms with Crippen molar-refractivity contribution >= 4 is 27.9 Å². The lowest BCUT2D eigenvalue weighted by molar-refractivity contribution is 0.0230. The second-order valence-corrected chi connectivity index (χ2v) is 7.59. The molecule has 0 saturated carbocycles. The Labute approximate surface area is 175 Å². The summed E-state index contributed by atoms with van der Waals surface area (Å²) in [6.45, 7) is 0.667. The summed E-state index contributed by atoms with van der Waals surface area (Å²) in [6.07, 6.45) is 0. The maximum Gasteiger partial charge on any atom is 0.295 e. The van der Waals surface area contributed by atoms with Crippen molar-refractivity contribution in [1.29, 1.82) is 0 Å². The fourth-order valence-electron chi connectivity index (χ4n) is 3.11. The Bertz CT molecular complexity index is 1190. The van der Waals surface area contributed by atoms with Crippen LogP contribution in [0.3, 0.4) is 0 Å². The molecule has 1 atom stereocenters. The van der Waals surface area contributed by atoms with Crippen LogP contribution in [0.1, 0.15) is 21.6 Å². The Balaban J connectivity index is 1.52. The zero-order valence-electron chi connectivity index (χ0n) is 15.9. The number of amides is 1. The molecule has 1 aromatic heterocycles. The van der Waals surface area contributed by atoms with Gasteiger partial charge in [0.1, 0.15) is 0 Å². The Hall–Kier alpha value is -3.33. The molecule has 0 saturated heterocycles. The van der Waals surface area contributed by atoms with Gasteiger partial charge in [0.25, 0.3) is 5.91 Å². The first kappa shape index (κ1) is 20.0. The molecule has 1 unspecified atom stereocenters. The van der Waals surface area contributed by atoms with Crippen LogP contribution in [0.25, 0.3) is 10.9 Å². The molecule has 0 spiro atoms. The van der Waals surface area contributed by atoms with Crippen molar-refractivity contribution in [3.8, 4) is 0 Å². The maximum absolute atomic E-state index is 12.7. The molecule has 1 amide bonds. The van der Waals surface area contributed by atoms with E-state index < -0.39 is 17.0 Å². The van der Waals surface area contributed by atoms with Crippen molar-refractivity contribution in [2.45, 2.75) is 18.0 Å². The predicted octanol–water partition coefficient (Wildman–Crippen LogP) is 3.53. The molecule has 4 aromatic rings. The van der Waals surface area contributed by atoms with E-state index in [1.54, 1.807) is 28.9 Å². The number of benzene rings is 3. The van der Waals surface area contributed by atoms with Gasteiger partial charge in [0.05, 0.1) is 23.6 Å². The number of hydrogen-bond donors (Lipinski definition) is 2. The van der Waals surface area contributed by atoms with Crippen LogP contribution < -0.4 is 5.48 Å². The highest BCUT2D eigenvalue weighted by Gasteiger charge is 2.17. The van der Waals surface area contributed by atoms with Gasteiger partial charge in [0, 0.05) is 5.39 Å². The topological polar surface area (TPSA) is 93.5 Å². The number of rotatable bonds is 7. The van der Waals surface area contributed by atoms with E-state index in [0.29, 0.717) is 16.8 Å². The van der Waals surface area contributed by atoms with E-state index >= 15 is 0 Å². The van der Waals surface area contributed by atoms with Gasteiger partial charge in [-0.2, -0.15) is 5.10 Å². The fourth-order valence-corrected chi connectivity index (χ4v) is 3.48. The van der Waals surface area contributed by atoms with Gasteiger partial charge in [-0.05, 0) is 29.3 Å². The van der Waals surface area contributed by atoms with Crippen LogP contribution in [-0.4, -0.2) is 24.4 Å². The lowest BCUT2D eigenvalue weighted by Crippen LogP contribution is -2.24. The number of hydroxylamine groups is 1. The number of fused-ring (bicyclic) bond motifs is 1. The van der Waals surface area contributed by atoms with E-state index in [1.165, 1.54) is 0 Å². The second kappa shape index (κ2) is 9.00. The molecule has 1 heterocycles. The van der Waals surface area contributed by atoms with Gasteiger partial charge in [-0.15, -0.1) is 0 Å². The highest BCUT2D eigenvalue weighted by atomic mass is 32.2. The fraction of sp³-hybridized carbons (Fsp3) is 0.0909. The van der Waals surface area contributed by atoms with Gasteiger partial charge in [-0.25, -0.2) is 9.69 Å². The molecule has 0 aliphatic heterocycles. The van der Waals surface area contributed by atoms with E-state index in [1.807, 2.05) is 54.6 Å². The molecule has 0 fully saturated rings. The number of nitrogens with one attached hydrogen (secondary N) is 1. The van der Waals surface area contributed by atoms with Crippen molar-refractivity contribution < 1.29 is 18.4 Å². The van der Waals surface area contributed by atoms with Crippen LogP contribution in [0.15, 0.2) is 83.8 Å². The van der Waals surface area contributed by atoms with Crippen molar-refractivity contribution in [1.82, 2.24) is 15.3 Å². The minimum absolute atomic E-state index is 0.254. The summed E-state index contributed by atoms with van der Waals surface area (Å²) in [4.78, 5) is 18.3. The van der Waals surface area contributed by atoms with Gasteiger partial charge in [-0.3, -0.25) is 14.3 Å². The summed E-state index contributed by atoms with van der Waals surface area (Å²) in [6, 6.07) is 23.7. The molecule has 30 heavy (non-hydrogen) atoms. The normalized spacial score (nSPS) is 12.0. The van der Waals surface area contributed by atoms with Gasteiger partial charge in [-0.1, -0.05) is 60.7 Å². The first-order valence-corrected chi connectivity index (χ1v) is 10.3. The van der Waals surface area contributed by atoms with Crippen LogP contribution in [-0.2, 0) is 29.1 Å². The van der Waals surface area contributed by atoms with E-state index in [-0.39, 0.29) is 12.3 Å². The quantitative estimate of drug-likeness (QED) is 0.352. The molecule has 0 aliphatic rings. The van der Waals surface area contributed by atoms with Crippen LogP contribution in [0.4, 0.5) is 0 Å². The number of aromatic nitrogens is 2. The standard InChI is InChI=1S/C22H19N3O4S/c26-22(24-29-15-17-6-2-1-3-7-17)21-19-8-4-5-9-20(19)25(23-21)14-16-10-12-18(13-11-16)30(27)28/h1-13H,14-15H2,(H,24,26)(H,27,28). The summed E-state index contributed by atoms with van der Waals surface area (Å²) in [5.41, 5.74) is 5.37. The van der Waals surface area contributed by atoms with Crippen molar-refractivity contribution in [3.63, 3.8) is 0 Å². The number of hydrogen-bond acceptors (Lipinski definition) is 4. The number of para-hydroxylation sites is 1. The third-order valence-corrected chi connectivity index (χ3v) is 5.25. The smallest absolute Gasteiger partial charge is 0.295 e.